The lowest BCUT2D eigenvalue weighted by molar-refractivity contribution is -0.137. The summed E-state index contributed by atoms with van der Waals surface area (Å²) in [6.45, 7) is 2.27. The van der Waals surface area contributed by atoms with Crippen LogP contribution in [0.2, 0.25) is 0 Å². The summed E-state index contributed by atoms with van der Waals surface area (Å²) in [5.41, 5.74) is 4.20. The molecule has 0 radical (unpaired) electrons. The first-order valence-corrected chi connectivity index (χ1v) is 9.17. The van der Waals surface area contributed by atoms with E-state index in [2.05, 4.69) is 11.8 Å². The second-order valence-corrected chi connectivity index (χ2v) is 6.47. The van der Waals surface area contributed by atoms with Crippen LogP contribution in [-0.2, 0) is 11.4 Å². The fourth-order valence-corrected chi connectivity index (χ4v) is 2.99. The SMILES string of the molecule is CC#CC(CC(=O)O)c1ccc(-c2ccc(OCc3ccccc3)cc2)cc1. The van der Waals surface area contributed by atoms with Crippen LogP contribution in [0.3, 0.4) is 0 Å². The summed E-state index contributed by atoms with van der Waals surface area (Å²) in [4.78, 5) is 11.0. The Morgan fingerprint density at radius 3 is 2.11 bits per heavy atom. The maximum atomic E-state index is 11.0. The lowest BCUT2D eigenvalue weighted by Gasteiger charge is -2.11. The van der Waals surface area contributed by atoms with Crippen molar-refractivity contribution >= 4 is 5.97 Å². The van der Waals surface area contributed by atoms with E-state index in [4.69, 9.17) is 9.84 Å². The van der Waals surface area contributed by atoms with Crippen molar-refractivity contribution in [2.75, 3.05) is 0 Å². The van der Waals surface area contributed by atoms with Crippen LogP contribution in [0.25, 0.3) is 11.1 Å². The summed E-state index contributed by atoms with van der Waals surface area (Å²) >= 11 is 0. The van der Waals surface area contributed by atoms with E-state index in [1.54, 1.807) is 6.92 Å². The third kappa shape index (κ3) is 5.25. The monoisotopic (exact) mass is 370 g/mol. The molecule has 0 aliphatic rings. The molecule has 0 spiro atoms. The predicted octanol–water partition coefficient (Wildman–Crippen LogP) is 5.51. The molecule has 0 bridgehead atoms. The van der Waals surface area contributed by atoms with Crippen LogP contribution in [0.15, 0.2) is 78.9 Å². The van der Waals surface area contributed by atoms with Gasteiger partial charge in [0.25, 0.3) is 0 Å². The topological polar surface area (TPSA) is 46.5 Å². The molecule has 3 aromatic rings. The Labute approximate surface area is 165 Å². The van der Waals surface area contributed by atoms with Crippen molar-refractivity contribution in [2.45, 2.75) is 25.9 Å². The minimum atomic E-state index is -0.845. The van der Waals surface area contributed by atoms with Gasteiger partial charge < -0.3 is 9.84 Å². The number of aliphatic carboxylic acids is 1. The fourth-order valence-electron chi connectivity index (χ4n) is 2.99. The molecule has 3 aromatic carbocycles. The summed E-state index contributed by atoms with van der Waals surface area (Å²) in [6.07, 6.45) is 0.00758. The van der Waals surface area contributed by atoms with Gasteiger partial charge in [-0.1, -0.05) is 72.7 Å². The number of carboxylic acid groups (broad SMARTS) is 1. The summed E-state index contributed by atoms with van der Waals surface area (Å²) < 4.78 is 5.83. The minimum Gasteiger partial charge on any atom is -0.489 e. The van der Waals surface area contributed by atoms with E-state index in [1.807, 2.05) is 78.9 Å². The molecule has 0 heterocycles. The average Bonchev–Trinajstić information content (AvgIpc) is 2.73. The normalized spacial score (nSPS) is 11.2. The number of carbonyl (C=O) groups is 1. The highest BCUT2D eigenvalue weighted by atomic mass is 16.5. The number of hydrogen-bond donors (Lipinski definition) is 1. The molecule has 0 aliphatic carbocycles. The van der Waals surface area contributed by atoms with Crippen LogP contribution >= 0.6 is 0 Å². The van der Waals surface area contributed by atoms with Gasteiger partial charge in [-0.25, -0.2) is 0 Å². The van der Waals surface area contributed by atoms with Gasteiger partial charge in [0.15, 0.2) is 0 Å². The molecule has 1 N–H and O–H groups in total. The van der Waals surface area contributed by atoms with Crippen molar-refractivity contribution in [2.24, 2.45) is 0 Å². The van der Waals surface area contributed by atoms with Crippen LogP contribution in [0.4, 0.5) is 0 Å². The Balaban J connectivity index is 1.67. The summed E-state index contributed by atoms with van der Waals surface area (Å²) in [7, 11) is 0. The third-order valence-electron chi connectivity index (χ3n) is 4.45. The van der Waals surface area contributed by atoms with Crippen molar-refractivity contribution in [3.8, 4) is 28.7 Å². The highest BCUT2D eigenvalue weighted by molar-refractivity contribution is 5.69. The van der Waals surface area contributed by atoms with Crippen molar-refractivity contribution in [1.82, 2.24) is 0 Å². The largest absolute Gasteiger partial charge is 0.489 e. The Morgan fingerprint density at radius 2 is 1.54 bits per heavy atom. The first-order valence-electron chi connectivity index (χ1n) is 9.17. The first kappa shape index (κ1) is 19.3. The molecule has 0 amide bonds. The van der Waals surface area contributed by atoms with Crippen LogP contribution in [0.5, 0.6) is 5.75 Å². The highest BCUT2D eigenvalue weighted by Gasteiger charge is 2.13. The zero-order valence-electron chi connectivity index (χ0n) is 15.8. The van der Waals surface area contributed by atoms with Crippen LogP contribution in [0.1, 0.15) is 30.4 Å². The highest BCUT2D eigenvalue weighted by Crippen LogP contribution is 2.26. The van der Waals surface area contributed by atoms with Gasteiger partial charge in [-0.2, -0.15) is 0 Å². The quantitative estimate of drug-likeness (QED) is 0.558. The molecule has 0 aromatic heterocycles. The number of rotatable bonds is 7. The van der Waals surface area contributed by atoms with Crippen LogP contribution in [0, 0.1) is 11.8 Å². The van der Waals surface area contributed by atoms with Gasteiger partial charge in [0.1, 0.15) is 12.4 Å². The van der Waals surface area contributed by atoms with E-state index in [1.165, 1.54) is 0 Å². The van der Waals surface area contributed by atoms with Crippen molar-refractivity contribution < 1.29 is 14.6 Å². The molecule has 3 heteroatoms. The molecule has 0 saturated carbocycles. The van der Waals surface area contributed by atoms with Crippen LogP contribution < -0.4 is 4.74 Å². The van der Waals surface area contributed by atoms with Gasteiger partial charge in [0, 0.05) is 0 Å². The average molecular weight is 370 g/mol. The maximum Gasteiger partial charge on any atom is 0.304 e. The summed E-state index contributed by atoms with van der Waals surface area (Å²) in [5, 5.41) is 9.07. The molecule has 3 nitrogen and oxygen atoms in total. The molecule has 140 valence electrons. The van der Waals surface area contributed by atoms with E-state index in [0.717, 1.165) is 28.0 Å². The summed E-state index contributed by atoms with van der Waals surface area (Å²) in [5.74, 6) is 5.49. The Morgan fingerprint density at radius 1 is 0.929 bits per heavy atom. The van der Waals surface area contributed by atoms with Gasteiger partial charge in [0.2, 0.25) is 0 Å². The number of ether oxygens (including phenoxy) is 1. The van der Waals surface area contributed by atoms with Gasteiger partial charge in [-0.05, 0) is 41.3 Å². The second kappa shape index (κ2) is 9.43. The van der Waals surface area contributed by atoms with Crippen molar-refractivity contribution in [3.63, 3.8) is 0 Å². The van der Waals surface area contributed by atoms with E-state index < -0.39 is 5.97 Å². The van der Waals surface area contributed by atoms with Gasteiger partial charge in [-0.15, -0.1) is 5.92 Å². The number of benzene rings is 3. The Hall–Kier alpha value is -3.51. The Kier molecular flexibility index (Phi) is 6.49. The molecule has 1 unspecified atom stereocenters. The third-order valence-corrected chi connectivity index (χ3v) is 4.45. The second-order valence-electron chi connectivity index (χ2n) is 6.47. The van der Waals surface area contributed by atoms with Gasteiger partial charge in [0.05, 0.1) is 12.3 Å². The Bertz CT molecular complexity index is 962. The lowest BCUT2D eigenvalue weighted by atomic mass is 9.94. The summed E-state index contributed by atoms with van der Waals surface area (Å²) in [6, 6.07) is 25.9. The smallest absolute Gasteiger partial charge is 0.304 e. The predicted molar refractivity (Wildman–Crippen MR) is 111 cm³/mol. The van der Waals surface area contributed by atoms with Crippen molar-refractivity contribution in [3.05, 3.63) is 90.0 Å². The molecule has 1 atom stereocenters. The van der Waals surface area contributed by atoms with E-state index in [0.29, 0.717) is 6.61 Å². The molecule has 0 saturated heterocycles. The molecule has 0 fully saturated rings. The van der Waals surface area contributed by atoms with E-state index in [9.17, 15) is 4.79 Å². The van der Waals surface area contributed by atoms with Crippen LogP contribution in [-0.4, -0.2) is 11.1 Å². The van der Waals surface area contributed by atoms with Crippen molar-refractivity contribution in [1.29, 1.82) is 0 Å². The molecule has 3 rings (SSSR count). The number of hydrogen-bond acceptors (Lipinski definition) is 2. The lowest BCUT2D eigenvalue weighted by Crippen LogP contribution is -2.04. The van der Waals surface area contributed by atoms with Gasteiger partial charge >= 0.3 is 5.97 Å². The number of carboxylic acids is 1. The molecule has 28 heavy (non-hydrogen) atoms. The zero-order valence-corrected chi connectivity index (χ0v) is 15.8. The van der Waals surface area contributed by atoms with E-state index >= 15 is 0 Å². The zero-order chi connectivity index (χ0) is 19.8. The molecule has 0 aliphatic heterocycles. The van der Waals surface area contributed by atoms with E-state index in [-0.39, 0.29) is 12.3 Å². The minimum absolute atomic E-state index is 0.00758. The standard InChI is InChI=1S/C25H22O3/c1-2-6-23(17-25(26)27)22-11-9-20(10-12-22)21-13-15-24(16-14-21)28-18-19-7-4-3-5-8-19/h3-5,7-16,23H,17-18H2,1H3,(H,26,27). The maximum absolute atomic E-state index is 11.0. The fraction of sp³-hybridized carbons (Fsp3) is 0.160. The molecular weight excluding hydrogens is 348 g/mol. The first-order chi connectivity index (χ1) is 13.7. The van der Waals surface area contributed by atoms with Gasteiger partial charge in [-0.3, -0.25) is 4.79 Å². The molecular formula is C25H22O3.